The summed E-state index contributed by atoms with van der Waals surface area (Å²) in [4.78, 5) is 1.96. The summed E-state index contributed by atoms with van der Waals surface area (Å²) in [5.41, 5.74) is 0.435. The van der Waals surface area contributed by atoms with Crippen molar-refractivity contribution in [2.75, 3.05) is 19.7 Å². The zero-order valence-corrected chi connectivity index (χ0v) is 11.7. The first-order valence-electron chi connectivity index (χ1n) is 7.00. The molecular weight excluding hydrogens is 264 g/mol. The number of hydrogen-bond acceptors (Lipinski definition) is 3. The molecule has 1 aliphatic rings. The second-order valence-electron chi connectivity index (χ2n) is 5.41. The van der Waals surface area contributed by atoms with Crippen LogP contribution in [-0.2, 0) is 11.3 Å². The first kappa shape index (κ1) is 15.4. The van der Waals surface area contributed by atoms with Crippen molar-refractivity contribution in [3.8, 4) is 0 Å². The number of rotatable bonds is 6. The van der Waals surface area contributed by atoms with Crippen molar-refractivity contribution in [2.45, 2.75) is 38.5 Å². The molecule has 0 saturated carbocycles. The summed E-state index contributed by atoms with van der Waals surface area (Å²) >= 11 is 0. The fraction of sp³-hybridized carbons (Fsp3) is 0.600. The van der Waals surface area contributed by atoms with E-state index < -0.39 is 17.7 Å². The van der Waals surface area contributed by atoms with Crippen LogP contribution >= 0.6 is 0 Å². The molecule has 1 heterocycles. The van der Waals surface area contributed by atoms with E-state index in [1.165, 1.54) is 12.1 Å². The van der Waals surface area contributed by atoms with Gasteiger partial charge in [0, 0.05) is 37.9 Å². The molecule has 1 fully saturated rings. The molecule has 1 N–H and O–H groups in total. The van der Waals surface area contributed by atoms with Gasteiger partial charge in [-0.1, -0.05) is 6.07 Å². The van der Waals surface area contributed by atoms with Gasteiger partial charge in [-0.25, -0.2) is 8.78 Å². The van der Waals surface area contributed by atoms with Crippen molar-refractivity contribution in [1.29, 1.82) is 0 Å². The summed E-state index contributed by atoms with van der Waals surface area (Å²) in [6.45, 7) is 3.90. The highest BCUT2D eigenvalue weighted by Crippen LogP contribution is 2.17. The smallest absolute Gasteiger partial charge is 0.130 e. The molecule has 0 aliphatic carbocycles. The van der Waals surface area contributed by atoms with Crippen LogP contribution in [0.1, 0.15) is 25.3 Å². The van der Waals surface area contributed by atoms with Crippen LogP contribution in [0.4, 0.5) is 8.78 Å². The molecule has 2 atom stereocenters. The Bertz CT molecular complexity index is 434. The lowest BCUT2D eigenvalue weighted by Crippen LogP contribution is -2.36. The lowest BCUT2D eigenvalue weighted by molar-refractivity contribution is 0.0499. The average molecular weight is 285 g/mol. The molecule has 0 amide bonds. The zero-order valence-electron chi connectivity index (χ0n) is 11.7. The van der Waals surface area contributed by atoms with Crippen molar-refractivity contribution < 1.29 is 18.6 Å². The van der Waals surface area contributed by atoms with Gasteiger partial charge in [-0.3, -0.25) is 4.90 Å². The monoisotopic (exact) mass is 285 g/mol. The Hall–Kier alpha value is -1.04. The number of hydrogen-bond donors (Lipinski definition) is 1. The maximum atomic E-state index is 13.7. The fourth-order valence-electron chi connectivity index (χ4n) is 2.54. The van der Waals surface area contributed by atoms with E-state index in [9.17, 15) is 13.9 Å². The Morgan fingerprint density at radius 1 is 1.45 bits per heavy atom. The van der Waals surface area contributed by atoms with E-state index in [1.807, 2.05) is 4.90 Å². The average Bonchev–Trinajstić information content (AvgIpc) is 2.84. The Morgan fingerprint density at radius 3 is 2.85 bits per heavy atom. The fourth-order valence-corrected chi connectivity index (χ4v) is 2.54. The normalized spacial score (nSPS) is 20.6. The van der Waals surface area contributed by atoms with Gasteiger partial charge in [-0.2, -0.15) is 0 Å². The summed E-state index contributed by atoms with van der Waals surface area (Å²) in [5.74, 6) is -1.12. The molecular formula is C15H21F2NO2. The summed E-state index contributed by atoms with van der Waals surface area (Å²) in [6.07, 6.45) is 1.66. The Morgan fingerprint density at radius 2 is 2.25 bits per heavy atom. The van der Waals surface area contributed by atoms with Gasteiger partial charge in [0.05, 0.1) is 12.2 Å². The van der Waals surface area contributed by atoms with Crippen molar-refractivity contribution in [1.82, 2.24) is 4.90 Å². The predicted molar refractivity (Wildman–Crippen MR) is 72.3 cm³/mol. The highest BCUT2D eigenvalue weighted by atomic mass is 19.1. The van der Waals surface area contributed by atoms with E-state index in [0.29, 0.717) is 25.2 Å². The number of aliphatic hydroxyl groups excluding tert-OH is 1. The Labute approximate surface area is 118 Å². The largest absolute Gasteiger partial charge is 0.392 e. The van der Waals surface area contributed by atoms with Gasteiger partial charge in [0.15, 0.2) is 0 Å². The van der Waals surface area contributed by atoms with Crippen molar-refractivity contribution in [3.05, 3.63) is 35.4 Å². The van der Waals surface area contributed by atoms with E-state index in [-0.39, 0.29) is 6.10 Å². The lowest BCUT2D eigenvalue weighted by Gasteiger charge is -2.26. The minimum absolute atomic E-state index is 0.136. The third-order valence-electron chi connectivity index (χ3n) is 3.42. The first-order valence-corrected chi connectivity index (χ1v) is 7.00. The van der Waals surface area contributed by atoms with Crippen LogP contribution in [0.3, 0.4) is 0 Å². The number of benzene rings is 1. The minimum atomic E-state index is -0.576. The highest BCUT2D eigenvalue weighted by Gasteiger charge is 2.21. The maximum absolute atomic E-state index is 13.7. The van der Waals surface area contributed by atoms with E-state index in [2.05, 4.69) is 0 Å². The van der Waals surface area contributed by atoms with Crippen LogP contribution in [-0.4, -0.2) is 41.9 Å². The van der Waals surface area contributed by atoms with E-state index >= 15 is 0 Å². The molecule has 112 valence electrons. The van der Waals surface area contributed by atoms with Gasteiger partial charge < -0.3 is 9.84 Å². The van der Waals surface area contributed by atoms with Crippen molar-refractivity contribution in [3.63, 3.8) is 0 Å². The molecule has 1 saturated heterocycles. The molecule has 20 heavy (non-hydrogen) atoms. The van der Waals surface area contributed by atoms with Crippen LogP contribution in [0.15, 0.2) is 18.2 Å². The molecule has 1 aliphatic heterocycles. The van der Waals surface area contributed by atoms with Crippen LogP contribution in [0, 0.1) is 11.6 Å². The second kappa shape index (κ2) is 7.11. The van der Waals surface area contributed by atoms with Gasteiger partial charge >= 0.3 is 0 Å². The summed E-state index contributed by atoms with van der Waals surface area (Å²) < 4.78 is 32.2. The Kier molecular flexibility index (Phi) is 5.46. The zero-order chi connectivity index (χ0) is 14.5. The van der Waals surface area contributed by atoms with Crippen LogP contribution < -0.4 is 0 Å². The summed E-state index contributed by atoms with van der Waals surface area (Å²) in [5, 5.41) is 9.55. The topological polar surface area (TPSA) is 32.7 Å². The third-order valence-corrected chi connectivity index (χ3v) is 3.42. The summed E-state index contributed by atoms with van der Waals surface area (Å²) in [6, 6.07) is 3.60. The molecule has 3 nitrogen and oxygen atoms in total. The molecule has 1 aromatic carbocycles. The van der Waals surface area contributed by atoms with Gasteiger partial charge in [0.2, 0.25) is 0 Å². The standard InChI is InChI=1S/C15H21F2NO2/c1-11(19)8-18(10-14-3-2-6-20-14)9-12-4-5-13(16)7-15(12)17/h4-5,7,11,14,19H,2-3,6,8-10H2,1H3. The number of halogens is 2. The Balaban J connectivity index is 2.01. The number of ether oxygens (including phenoxy) is 1. The SMILES string of the molecule is CC(O)CN(Cc1ccc(F)cc1F)CC1CCCO1. The van der Waals surface area contributed by atoms with E-state index in [0.717, 1.165) is 25.5 Å². The third kappa shape index (κ3) is 4.51. The molecule has 5 heteroatoms. The predicted octanol–water partition coefficient (Wildman–Crippen LogP) is 2.33. The molecule has 2 unspecified atom stereocenters. The number of aliphatic hydroxyl groups is 1. The molecule has 0 aromatic heterocycles. The maximum Gasteiger partial charge on any atom is 0.130 e. The molecule has 1 aromatic rings. The van der Waals surface area contributed by atoms with Crippen LogP contribution in [0.5, 0.6) is 0 Å². The second-order valence-corrected chi connectivity index (χ2v) is 5.41. The van der Waals surface area contributed by atoms with Crippen molar-refractivity contribution >= 4 is 0 Å². The molecule has 0 radical (unpaired) electrons. The summed E-state index contributed by atoms with van der Waals surface area (Å²) in [7, 11) is 0. The minimum Gasteiger partial charge on any atom is -0.392 e. The van der Waals surface area contributed by atoms with Gasteiger partial charge in [0.1, 0.15) is 11.6 Å². The molecule has 0 bridgehead atoms. The van der Waals surface area contributed by atoms with Crippen LogP contribution in [0.2, 0.25) is 0 Å². The van der Waals surface area contributed by atoms with E-state index in [1.54, 1.807) is 6.92 Å². The van der Waals surface area contributed by atoms with Gasteiger partial charge in [-0.15, -0.1) is 0 Å². The molecule has 2 rings (SSSR count). The molecule has 0 spiro atoms. The van der Waals surface area contributed by atoms with E-state index in [4.69, 9.17) is 4.74 Å². The number of nitrogens with zero attached hydrogens (tertiary/aromatic N) is 1. The van der Waals surface area contributed by atoms with Crippen molar-refractivity contribution in [2.24, 2.45) is 0 Å². The lowest BCUT2D eigenvalue weighted by atomic mass is 10.1. The quantitative estimate of drug-likeness (QED) is 0.870. The first-order chi connectivity index (χ1) is 9.54. The highest BCUT2D eigenvalue weighted by molar-refractivity contribution is 5.18. The van der Waals surface area contributed by atoms with Gasteiger partial charge in [-0.05, 0) is 25.8 Å². The van der Waals surface area contributed by atoms with Crippen LogP contribution in [0.25, 0.3) is 0 Å². The van der Waals surface area contributed by atoms with Gasteiger partial charge in [0.25, 0.3) is 0 Å².